The molecule has 0 spiro atoms. The lowest BCUT2D eigenvalue weighted by atomic mass is 9.85. The van der Waals surface area contributed by atoms with E-state index in [1.807, 2.05) is 53.5 Å². The molecule has 9 rings (SSSR count). The minimum Gasteiger partial charge on any atom is -0.391 e. The van der Waals surface area contributed by atoms with Crippen molar-refractivity contribution in [3.63, 3.8) is 0 Å². The van der Waals surface area contributed by atoms with Gasteiger partial charge in [-0.2, -0.15) is 5.10 Å². The minimum atomic E-state index is -1.11. The van der Waals surface area contributed by atoms with Gasteiger partial charge >= 0.3 is 0 Å². The first-order chi connectivity index (χ1) is 32.6. The summed E-state index contributed by atoms with van der Waals surface area (Å²) in [6.07, 6.45) is 5.04. The number of benzene rings is 2. The molecule has 0 aliphatic carbocycles. The molecule has 6 aromatic rings. The van der Waals surface area contributed by atoms with Crippen molar-refractivity contribution in [1.82, 2.24) is 60.3 Å². The Balaban J connectivity index is 0.883. The summed E-state index contributed by atoms with van der Waals surface area (Å²) in [7, 11) is 1.92. The number of fused-ring (bicyclic) bond motifs is 2. The fourth-order valence-electron chi connectivity index (χ4n) is 9.11. The van der Waals surface area contributed by atoms with Crippen LogP contribution in [0.5, 0.6) is 0 Å². The Kier molecular flexibility index (Phi) is 13.0. The molecule has 0 saturated carbocycles. The van der Waals surface area contributed by atoms with Gasteiger partial charge in [0, 0.05) is 76.5 Å². The van der Waals surface area contributed by atoms with Gasteiger partial charge in [-0.05, 0) is 54.5 Å². The lowest BCUT2D eigenvalue weighted by molar-refractivity contribution is -0.142. The quantitative estimate of drug-likeness (QED) is 0.162. The highest BCUT2D eigenvalue weighted by Gasteiger charge is 2.45. The molecule has 4 aromatic heterocycles. The van der Waals surface area contributed by atoms with E-state index in [-0.39, 0.29) is 37.3 Å². The van der Waals surface area contributed by atoms with Gasteiger partial charge in [0.05, 0.1) is 58.4 Å². The van der Waals surface area contributed by atoms with Gasteiger partial charge in [-0.25, -0.2) is 19.9 Å². The Bertz CT molecular complexity index is 2860. The Morgan fingerprint density at radius 3 is 2.41 bits per heavy atom. The van der Waals surface area contributed by atoms with Crippen LogP contribution in [-0.2, 0) is 38.6 Å². The van der Waals surface area contributed by atoms with E-state index in [4.69, 9.17) is 19.8 Å². The predicted molar refractivity (Wildman–Crippen MR) is 254 cm³/mol. The van der Waals surface area contributed by atoms with Crippen molar-refractivity contribution in [2.75, 3.05) is 38.3 Å². The molecule has 0 bridgehead atoms. The van der Waals surface area contributed by atoms with Gasteiger partial charge in [-0.1, -0.05) is 45.0 Å². The van der Waals surface area contributed by atoms with E-state index in [2.05, 4.69) is 35.5 Å². The third-order valence-electron chi connectivity index (χ3n) is 13.0. The van der Waals surface area contributed by atoms with Crippen LogP contribution < -0.4 is 15.5 Å². The maximum atomic E-state index is 14.3. The second kappa shape index (κ2) is 19.1. The number of ether oxygens (including phenoxy) is 1. The lowest BCUT2D eigenvalue weighted by Gasteiger charge is -2.35. The Morgan fingerprint density at radius 2 is 1.72 bits per heavy atom. The van der Waals surface area contributed by atoms with Crippen LogP contribution in [0, 0.1) is 12.3 Å². The third kappa shape index (κ3) is 9.52. The van der Waals surface area contributed by atoms with Crippen molar-refractivity contribution in [3.05, 3.63) is 88.7 Å². The van der Waals surface area contributed by atoms with Gasteiger partial charge in [-0.3, -0.25) is 23.9 Å². The normalized spacial score (nSPS) is 18.0. The number of aliphatic hydroxyl groups is 1. The van der Waals surface area contributed by atoms with Crippen LogP contribution in [0.25, 0.3) is 32.9 Å². The number of rotatable bonds is 11. The van der Waals surface area contributed by atoms with Gasteiger partial charge in [0.15, 0.2) is 11.6 Å². The number of hydrogen-bond donors (Lipinski definition) is 3. The molecular weight excluding hydrogens is 887 g/mol. The summed E-state index contributed by atoms with van der Waals surface area (Å²) >= 11 is 1.57. The highest BCUT2D eigenvalue weighted by Crippen LogP contribution is 2.36. The van der Waals surface area contributed by atoms with Crippen LogP contribution in [-0.4, -0.2) is 130 Å². The molecular formula is C48H55N13O6S. The van der Waals surface area contributed by atoms with Crippen LogP contribution in [0.4, 0.5) is 11.5 Å². The number of amides is 4. The lowest BCUT2D eigenvalue weighted by Crippen LogP contribution is -2.57. The largest absolute Gasteiger partial charge is 0.391 e. The van der Waals surface area contributed by atoms with E-state index in [1.165, 1.54) is 4.90 Å². The summed E-state index contributed by atoms with van der Waals surface area (Å²) in [6, 6.07) is 11.2. The number of thiazole rings is 1. The first-order valence-corrected chi connectivity index (χ1v) is 23.7. The summed E-state index contributed by atoms with van der Waals surface area (Å²) in [4.78, 5) is 78.7. The number of aromatic nitrogens is 8. The van der Waals surface area contributed by atoms with E-state index >= 15 is 0 Å². The smallest absolute Gasteiger partial charge is 0.291 e. The molecule has 354 valence electrons. The van der Waals surface area contributed by atoms with Gasteiger partial charge in [0.1, 0.15) is 17.6 Å². The van der Waals surface area contributed by atoms with Gasteiger partial charge in [0.2, 0.25) is 23.5 Å². The second-order valence-electron chi connectivity index (χ2n) is 18.7. The Labute approximate surface area is 397 Å². The molecule has 2 fully saturated rings. The predicted octanol–water partition coefficient (Wildman–Crippen LogP) is 4.56. The topological polar surface area (TPSA) is 227 Å². The SMILES string of the molecule is CC(=O)N1CCc2c(c(N(C)c3cnc(-c4ccc5nnc(C(=O)N[C@H](C(=O)N6C[C@H](O)C[C@H]6C(=O)NCc6ccc(-c7scnc7C)cc6)C(C)(C)C)nc5c4)nc3)nn2C2CCOCC2)C1. The molecule has 19 nitrogen and oxygen atoms in total. The molecule has 4 amide bonds. The van der Waals surface area contributed by atoms with Crippen molar-refractivity contribution in [1.29, 1.82) is 0 Å². The number of nitrogens with one attached hydrogen (secondary N) is 2. The fraction of sp³-hybridized carbons (Fsp3) is 0.438. The molecule has 3 aliphatic rings. The van der Waals surface area contributed by atoms with E-state index in [0.717, 1.165) is 58.0 Å². The molecule has 68 heavy (non-hydrogen) atoms. The first kappa shape index (κ1) is 46.3. The van der Waals surface area contributed by atoms with Gasteiger partial charge < -0.3 is 35.2 Å². The maximum Gasteiger partial charge on any atom is 0.291 e. The van der Waals surface area contributed by atoms with Crippen molar-refractivity contribution in [3.8, 4) is 21.8 Å². The summed E-state index contributed by atoms with van der Waals surface area (Å²) in [6.45, 7) is 11.6. The van der Waals surface area contributed by atoms with Crippen LogP contribution in [0.2, 0.25) is 0 Å². The number of hydrogen-bond acceptors (Lipinski definition) is 15. The highest BCUT2D eigenvalue weighted by atomic mass is 32.1. The highest BCUT2D eigenvalue weighted by molar-refractivity contribution is 7.13. The molecule has 3 atom stereocenters. The average Bonchev–Trinajstić information content (AvgIpc) is 4.08. The Morgan fingerprint density at radius 1 is 0.985 bits per heavy atom. The van der Waals surface area contributed by atoms with Gasteiger partial charge in [0.25, 0.3) is 5.91 Å². The van der Waals surface area contributed by atoms with E-state index in [9.17, 15) is 24.3 Å². The van der Waals surface area contributed by atoms with Crippen LogP contribution >= 0.6 is 11.3 Å². The van der Waals surface area contributed by atoms with Crippen molar-refractivity contribution in [2.45, 2.75) is 97.6 Å². The van der Waals surface area contributed by atoms with Gasteiger partial charge in [-0.15, -0.1) is 21.5 Å². The zero-order valence-corrected chi connectivity index (χ0v) is 39.8. The molecule has 3 aliphatic heterocycles. The number of likely N-dealkylation sites (tertiary alicyclic amines) is 1. The number of carbonyl (C=O) groups excluding carboxylic acids is 4. The van der Waals surface area contributed by atoms with Crippen LogP contribution in [0.1, 0.15) is 86.1 Å². The van der Waals surface area contributed by atoms with Crippen molar-refractivity contribution >= 4 is 57.5 Å². The molecule has 2 aromatic carbocycles. The zero-order valence-electron chi connectivity index (χ0n) is 39.0. The Hall–Kier alpha value is -6.77. The summed E-state index contributed by atoms with van der Waals surface area (Å²) < 4.78 is 7.77. The minimum absolute atomic E-state index is 0.0243. The monoisotopic (exact) mass is 941 g/mol. The number of anilines is 2. The number of carbonyl (C=O) groups is 4. The molecule has 2 saturated heterocycles. The second-order valence-corrected chi connectivity index (χ2v) is 19.6. The van der Waals surface area contributed by atoms with Crippen LogP contribution in [0.15, 0.2) is 60.4 Å². The standard InChI is InChI=1S/C48H55N13O6S/c1-27-40(68-26-52-27)30-9-7-29(8-10-30)21-51-45(64)39-20-34(63)24-60(39)47(66)41(48(3,4)5)54-46(65)43-53-37-19-31(11-12-36(37)55-56-43)42-49-22-33(23-50-42)58(6)44-35-25-59(28(2)62)16-13-38(35)61(57-44)32-14-17-67-18-15-32/h7-12,19,22-23,26,32,34,39,41,63H,13-18,20-21,24-25H2,1-6H3,(H,51,64)(H,54,65)/t34-,39+,41-/m1/s1. The number of aliphatic hydroxyl groups excluding tert-OH is 1. The molecule has 0 unspecified atom stereocenters. The molecule has 3 N–H and O–H groups in total. The molecule has 20 heteroatoms. The zero-order chi connectivity index (χ0) is 47.9. The first-order valence-electron chi connectivity index (χ1n) is 22.8. The summed E-state index contributed by atoms with van der Waals surface area (Å²) in [5.41, 5.74) is 8.15. The third-order valence-corrected chi connectivity index (χ3v) is 14.0. The van der Waals surface area contributed by atoms with E-state index in [1.54, 1.807) is 69.6 Å². The van der Waals surface area contributed by atoms with E-state index < -0.39 is 41.3 Å². The average molecular weight is 942 g/mol. The number of aryl methyl sites for hydroxylation is 1. The summed E-state index contributed by atoms with van der Waals surface area (Å²) in [5, 5.41) is 29.9. The number of β-amino-alcohol motifs (C(OH)–C–C–N with tert-alkyl or cyclic N) is 1. The van der Waals surface area contributed by atoms with E-state index in [0.29, 0.717) is 54.4 Å². The van der Waals surface area contributed by atoms with Crippen molar-refractivity contribution in [2.24, 2.45) is 5.41 Å². The molecule has 7 heterocycles. The number of nitrogens with zero attached hydrogens (tertiary/aromatic N) is 11. The van der Waals surface area contributed by atoms with Crippen molar-refractivity contribution < 1.29 is 29.0 Å². The van der Waals surface area contributed by atoms with Crippen LogP contribution in [0.3, 0.4) is 0 Å². The maximum absolute atomic E-state index is 14.3. The molecule has 0 radical (unpaired) electrons. The summed E-state index contributed by atoms with van der Waals surface area (Å²) in [5.74, 6) is -0.714. The fourth-order valence-corrected chi connectivity index (χ4v) is 9.92.